The highest BCUT2D eigenvalue weighted by Gasteiger charge is 2.13. The number of hydrogen-bond donors (Lipinski definition) is 1. The molecule has 0 bridgehead atoms. The monoisotopic (exact) mass is 302 g/mol. The lowest BCUT2D eigenvalue weighted by Crippen LogP contribution is -2.07. The van der Waals surface area contributed by atoms with Crippen LogP contribution in [0.5, 0.6) is 5.88 Å². The Morgan fingerprint density at radius 3 is 2.77 bits per heavy atom. The van der Waals surface area contributed by atoms with Gasteiger partial charge in [0, 0.05) is 5.56 Å². The van der Waals surface area contributed by atoms with Gasteiger partial charge >= 0.3 is 0 Å². The molecule has 0 saturated heterocycles. The van der Waals surface area contributed by atoms with E-state index in [1.54, 1.807) is 28.9 Å². The topological polar surface area (TPSA) is 73.6 Å². The van der Waals surface area contributed by atoms with Crippen LogP contribution in [0.4, 0.5) is 10.1 Å². The first-order valence-corrected chi connectivity index (χ1v) is 6.54. The number of benzene rings is 2. The average Bonchev–Trinajstić information content (AvgIpc) is 2.87. The van der Waals surface area contributed by atoms with Crippen molar-refractivity contribution < 1.29 is 14.3 Å². The van der Waals surface area contributed by atoms with Gasteiger partial charge in [-0.1, -0.05) is 18.2 Å². The summed E-state index contributed by atoms with van der Waals surface area (Å²) in [6, 6.07) is 11.0. The third-order valence-corrected chi connectivity index (χ3v) is 3.39. The molecule has 2 aromatic carbocycles. The van der Waals surface area contributed by atoms with E-state index in [0.29, 0.717) is 22.3 Å². The molecule has 114 valence electrons. The van der Waals surface area contributed by atoms with Crippen LogP contribution in [0, 0.1) is 11.0 Å². The van der Waals surface area contributed by atoms with E-state index in [2.05, 4.69) is 5.10 Å². The van der Waals surface area contributed by atoms with Crippen molar-refractivity contribution in [1.29, 1.82) is 0 Å². The summed E-state index contributed by atoms with van der Waals surface area (Å²) in [5.41, 5.74) is 1.23. The SMILES string of the molecule is COc1nn(Cc2ccccc2F)c2ccc(N([O-])O)cc12. The molecule has 0 radical (unpaired) electrons. The van der Waals surface area contributed by atoms with Crippen LogP contribution in [0.25, 0.3) is 10.9 Å². The van der Waals surface area contributed by atoms with Crippen molar-refractivity contribution in [3.8, 4) is 5.88 Å². The molecule has 0 fully saturated rings. The van der Waals surface area contributed by atoms with Crippen LogP contribution in [0.3, 0.4) is 0 Å². The highest BCUT2D eigenvalue weighted by Crippen LogP contribution is 2.29. The molecule has 0 unspecified atom stereocenters. The minimum Gasteiger partial charge on any atom is -0.733 e. The van der Waals surface area contributed by atoms with Gasteiger partial charge in [0.15, 0.2) is 0 Å². The molecule has 6 nitrogen and oxygen atoms in total. The molecule has 0 saturated carbocycles. The smallest absolute Gasteiger partial charge is 0.240 e. The number of ether oxygens (including phenoxy) is 1. The Morgan fingerprint density at radius 1 is 1.32 bits per heavy atom. The standard InChI is InChI=1S/C15H13FN3O3/c1-22-15-12-8-11(19(20)21)6-7-14(12)18(17-15)9-10-4-2-3-5-13(10)16/h2-8,20H,9H2,1H3/q-1. The first kappa shape index (κ1) is 14.3. The minimum atomic E-state index is -0.317. The molecular formula is C15H13FN3O3-. The lowest BCUT2D eigenvalue weighted by atomic mass is 10.2. The van der Waals surface area contributed by atoms with Gasteiger partial charge in [-0.25, -0.2) is 4.39 Å². The normalized spacial score (nSPS) is 10.9. The maximum absolute atomic E-state index is 13.8. The Bertz CT molecular complexity index is 817. The Labute approximate surface area is 125 Å². The predicted octanol–water partition coefficient (Wildman–Crippen LogP) is 2.93. The second kappa shape index (κ2) is 5.63. The number of rotatable bonds is 4. The van der Waals surface area contributed by atoms with E-state index in [-0.39, 0.29) is 23.3 Å². The molecule has 0 aliphatic carbocycles. The van der Waals surface area contributed by atoms with Crippen molar-refractivity contribution in [2.45, 2.75) is 6.54 Å². The molecule has 1 aromatic heterocycles. The maximum atomic E-state index is 13.8. The zero-order valence-corrected chi connectivity index (χ0v) is 11.7. The summed E-state index contributed by atoms with van der Waals surface area (Å²) in [6.45, 7) is 0.228. The van der Waals surface area contributed by atoms with Gasteiger partial charge in [0.05, 0.1) is 30.2 Å². The zero-order valence-electron chi connectivity index (χ0n) is 11.7. The second-order valence-corrected chi connectivity index (χ2v) is 4.73. The first-order chi connectivity index (χ1) is 10.6. The third-order valence-electron chi connectivity index (χ3n) is 3.39. The van der Waals surface area contributed by atoms with Crippen LogP contribution in [0.1, 0.15) is 5.56 Å². The molecule has 22 heavy (non-hydrogen) atoms. The van der Waals surface area contributed by atoms with Gasteiger partial charge in [-0.05, 0) is 24.3 Å². The van der Waals surface area contributed by atoms with Gasteiger partial charge in [0.1, 0.15) is 5.82 Å². The molecule has 0 amide bonds. The fourth-order valence-corrected chi connectivity index (χ4v) is 2.32. The number of methoxy groups -OCH3 is 1. The van der Waals surface area contributed by atoms with Crippen molar-refractivity contribution in [3.63, 3.8) is 0 Å². The van der Waals surface area contributed by atoms with E-state index in [0.717, 1.165) is 0 Å². The second-order valence-electron chi connectivity index (χ2n) is 4.73. The van der Waals surface area contributed by atoms with Crippen molar-refractivity contribution in [1.82, 2.24) is 9.78 Å². The number of anilines is 1. The van der Waals surface area contributed by atoms with Crippen LogP contribution < -0.4 is 9.96 Å². The van der Waals surface area contributed by atoms with Crippen molar-refractivity contribution >= 4 is 16.6 Å². The van der Waals surface area contributed by atoms with Gasteiger partial charge < -0.3 is 15.2 Å². The highest BCUT2D eigenvalue weighted by molar-refractivity contribution is 5.88. The molecule has 0 aliphatic heterocycles. The summed E-state index contributed by atoms with van der Waals surface area (Å²) >= 11 is 0. The average molecular weight is 302 g/mol. The summed E-state index contributed by atoms with van der Waals surface area (Å²) in [6.07, 6.45) is 0. The summed E-state index contributed by atoms with van der Waals surface area (Å²) < 4.78 is 20.5. The molecule has 0 spiro atoms. The van der Waals surface area contributed by atoms with E-state index in [1.807, 2.05) is 0 Å². The fourth-order valence-electron chi connectivity index (χ4n) is 2.32. The van der Waals surface area contributed by atoms with Crippen LogP contribution in [0.15, 0.2) is 42.5 Å². The quantitative estimate of drug-likeness (QED) is 0.750. The number of nitrogens with zero attached hydrogens (tertiary/aromatic N) is 3. The van der Waals surface area contributed by atoms with Gasteiger partial charge in [-0.3, -0.25) is 9.89 Å². The molecule has 3 aromatic rings. The van der Waals surface area contributed by atoms with E-state index in [9.17, 15) is 9.60 Å². The number of halogens is 1. The van der Waals surface area contributed by atoms with Crippen molar-refractivity contribution in [2.24, 2.45) is 0 Å². The minimum absolute atomic E-state index is 0.0660. The van der Waals surface area contributed by atoms with E-state index >= 15 is 0 Å². The lowest BCUT2D eigenvalue weighted by molar-refractivity contribution is 0.296. The predicted molar refractivity (Wildman–Crippen MR) is 79.4 cm³/mol. The third kappa shape index (κ3) is 2.47. The molecule has 0 aliphatic rings. The van der Waals surface area contributed by atoms with Crippen LogP contribution in [0.2, 0.25) is 0 Å². The highest BCUT2D eigenvalue weighted by atomic mass is 19.1. The Kier molecular flexibility index (Phi) is 3.66. The van der Waals surface area contributed by atoms with Crippen molar-refractivity contribution in [2.75, 3.05) is 12.3 Å². The van der Waals surface area contributed by atoms with Gasteiger partial charge in [0.2, 0.25) is 5.88 Å². The Morgan fingerprint density at radius 2 is 2.09 bits per heavy atom. The summed E-state index contributed by atoms with van der Waals surface area (Å²) in [5.74, 6) is -0.0159. The summed E-state index contributed by atoms with van der Waals surface area (Å²) in [4.78, 5) is 0. The molecule has 3 rings (SSSR count). The van der Waals surface area contributed by atoms with Gasteiger partial charge in [0.25, 0.3) is 0 Å². The number of aromatic nitrogens is 2. The Hall–Kier alpha value is -2.64. The van der Waals surface area contributed by atoms with Crippen LogP contribution in [-0.2, 0) is 6.54 Å². The largest absolute Gasteiger partial charge is 0.733 e. The fraction of sp³-hybridized carbons (Fsp3) is 0.133. The molecule has 7 heteroatoms. The van der Waals surface area contributed by atoms with E-state index in [4.69, 9.17) is 9.94 Å². The van der Waals surface area contributed by atoms with Crippen molar-refractivity contribution in [3.05, 3.63) is 59.1 Å². The molecule has 1 N–H and O–H groups in total. The van der Waals surface area contributed by atoms with Crippen LogP contribution in [-0.4, -0.2) is 22.1 Å². The Balaban J connectivity index is 2.09. The summed E-state index contributed by atoms with van der Waals surface area (Å²) in [7, 11) is 1.45. The summed E-state index contributed by atoms with van der Waals surface area (Å²) in [5, 5.41) is 24.6. The molecular weight excluding hydrogens is 289 g/mol. The maximum Gasteiger partial charge on any atom is 0.240 e. The van der Waals surface area contributed by atoms with Crippen LogP contribution >= 0.6 is 0 Å². The number of hydrogen-bond acceptors (Lipinski definition) is 5. The van der Waals surface area contributed by atoms with Gasteiger partial charge in [-0.2, -0.15) is 0 Å². The van der Waals surface area contributed by atoms with E-state index < -0.39 is 0 Å². The molecule has 0 atom stereocenters. The molecule has 1 heterocycles. The lowest BCUT2D eigenvalue weighted by Gasteiger charge is -2.21. The zero-order chi connectivity index (χ0) is 15.7. The van der Waals surface area contributed by atoms with Gasteiger partial charge in [-0.15, -0.1) is 5.10 Å². The first-order valence-electron chi connectivity index (χ1n) is 6.54. The van der Waals surface area contributed by atoms with E-state index in [1.165, 1.54) is 25.3 Å². The number of fused-ring (bicyclic) bond motifs is 1.